The van der Waals surface area contributed by atoms with Crippen LogP contribution in [0.5, 0.6) is 11.5 Å². The van der Waals surface area contributed by atoms with Crippen molar-refractivity contribution >= 4 is 18.3 Å². The molecule has 24 heavy (non-hydrogen) atoms. The van der Waals surface area contributed by atoms with Crippen LogP contribution in [0.15, 0.2) is 18.2 Å². The Labute approximate surface area is 150 Å². The molecule has 2 rings (SSSR count). The molecule has 0 aliphatic carbocycles. The fraction of sp³-hybridized carbons (Fsp3) is 0.588. The molecule has 1 unspecified atom stereocenters. The van der Waals surface area contributed by atoms with Gasteiger partial charge in [0.05, 0.1) is 20.8 Å². The molecule has 1 heterocycles. The van der Waals surface area contributed by atoms with E-state index in [1.54, 1.807) is 14.2 Å². The first-order valence-corrected chi connectivity index (χ1v) is 8.03. The van der Waals surface area contributed by atoms with Crippen LogP contribution in [0.25, 0.3) is 0 Å². The number of rotatable bonds is 7. The number of benzene rings is 1. The number of likely N-dealkylation sites (N-methyl/N-ethyl adjacent to an activating group) is 1. The normalized spacial score (nSPS) is 17.7. The van der Waals surface area contributed by atoms with Gasteiger partial charge in [0.25, 0.3) is 0 Å². The van der Waals surface area contributed by atoms with Gasteiger partial charge in [-0.3, -0.25) is 9.69 Å². The molecular weight excluding hydrogens is 330 g/mol. The van der Waals surface area contributed by atoms with E-state index in [0.29, 0.717) is 30.6 Å². The summed E-state index contributed by atoms with van der Waals surface area (Å²) >= 11 is 0. The fourth-order valence-corrected chi connectivity index (χ4v) is 2.89. The van der Waals surface area contributed by atoms with E-state index in [1.165, 1.54) is 6.42 Å². The molecule has 1 aliphatic heterocycles. The first-order chi connectivity index (χ1) is 11.2. The Morgan fingerprint density at radius 3 is 2.71 bits per heavy atom. The van der Waals surface area contributed by atoms with Crippen LogP contribution in [0, 0.1) is 0 Å². The van der Waals surface area contributed by atoms with E-state index in [-0.39, 0.29) is 18.3 Å². The van der Waals surface area contributed by atoms with Gasteiger partial charge in [-0.2, -0.15) is 0 Å². The number of nitrogens with zero attached hydrogens (tertiary/aromatic N) is 1. The number of halogens is 1. The topological polar surface area (TPSA) is 62.8 Å². The summed E-state index contributed by atoms with van der Waals surface area (Å²) in [4.78, 5) is 14.3. The third kappa shape index (κ3) is 5.85. The minimum absolute atomic E-state index is 0. The SMILES string of the molecule is CNC1CCCN(CC(=O)NCc2ccc(OC)c(OC)c2)C1.Cl. The van der Waals surface area contributed by atoms with E-state index >= 15 is 0 Å². The van der Waals surface area contributed by atoms with Crippen LogP contribution in [-0.4, -0.2) is 57.8 Å². The van der Waals surface area contributed by atoms with Crippen molar-refractivity contribution < 1.29 is 14.3 Å². The minimum Gasteiger partial charge on any atom is -0.493 e. The van der Waals surface area contributed by atoms with Crippen molar-refractivity contribution in [3.8, 4) is 11.5 Å². The monoisotopic (exact) mass is 357 g/mol. The molecule has 1 saturated heterocycles. The third-order valence-corrected chi connectivity index (χ3v) is 4.22. The second-order valence-corrected chi connectivity index (χ2v) is 5.83. The van der Waals surface area contributed by atoms with Gasteiger partial charge >= 0.3 is 0 Å². The van der Waals surface area contributed by atoms with Crippen molar-refractivity contribution in [3.05, 3.63) is 23.8 Å². The average Bonchev–Trinajstić information content (AvgIpc) is 2.59. The highest BCUT2D eigenvalue weighted by Crippen LogP contribution is 2.27. The van der Waals surface area contributed by atoms with Crippen LogP contribution in [0.1, 0.15) is 18.4 Å². The Kier molecular flexibility index (Phi) is 8.89. The molecule has 0 aromatic heterocycles. The van der Waals surface area contributed by atoms with E-state index in [2.05, 4.69) is 15.5 Å². The number of hydrogen-bond acceptors (Lipinski definition) is 5. The highest BCUT2D eigenvalue weighted by molar-refractivity contribution is 5.85. The van der Waals surface area contributed by atoms with E-state index < -0.39 is 0 Å². The summed E-state index contributed by atoms with van der Waals surface area (Å²) in [5.74, 6) is 1.41. The van der Waals surface area contributed by atoms with Gasteiger partial charge in [0.15, 0.2) is 11.5 Å². The summed E-state index contributed by atoms with van der Waals surface area (Å²) < 4.78 is 10.5. The number of methoxy groups -OCH3 is 2. The highest BCUT2D eigenvalue weighted by Gasteiger charge is 2.20. The standard InChI is InChI=1S/C17H27N3O3.ClH/c1-18-14-5-4-8-20(11-14)12-17(21)19-10-13-6-7-15(22-2)16(9-13)23-3;/h6-7,9,14,18H,4-5,8,10-12H2,1-3H3,(H,19,21);1H. The first kappa shape index (κ1) is 20.5. The number of hydrogen-bond donors (Lipinski definition) is 2. The second-order valence-electron chi connectivity index (χ2n) is 5.83. The van der Waals surface area contributed by atoms with Crippen LogP contribution in [0.2, 0.25) is 0 Å². The van der Waals surface area contributed by atoms with Crippen molar-refractivity contribution in [2.75, 3.05) is 40.9 Å². The summed E-state index contributed by atoms with van der Waals surface area (Å²) in [5.41, 5.74) is 0.989. The maximum Gasteiger partial charge on any atom is 0.234 e. The lowest BCUT2D eigenvalue weighted by molar-refractivity contribution is -0.122. The molecule has 0 spiro atoms. The summed E-state index contributed by atoms with van der Waals surface area (Å²) in [6.07, 6.45) is 2.31. The molecule has 7 heteroatoms. The Morgan fingerprint density at radius 1 is 1.29 bits per heavy atom. The maximum absolute atomic E-state index is 12.1. The number of amides is 1. The predicted octanol–water partition coefficient (Wildman–Crippen LogP) is 1.43. The average molecular weight is 358 g/mol. The van der Waals surface area contributed by atoms with Gasteiger partial charge in [-0.15, -0.1) is 12.4 Å². The van der Waals surface area contributed by atoms with Crippen LogP contribution in [0.3, 0.4) is 0 Å². The first-order valence-electron chi connectivity index (χ1n) is 8.03. The van der Waals surface area contributed by atoms with Crippen molar-refractivity contribution in [2.24, 2.45) is 0 Å². The molecule has 1 atom stereocenters. The number of carbonyl (C=O) groups is 1. The van der Waals surface area contributed by atoms with Gasteiger partial charge in [-0.1, -0.05) is 6.07 Å². The van der Waals surface area contributed by atoms with Crippen LogP contribution >= 0.6 is 12.4 Å². The zero-order valence-electron chi connectivity index (χ0n) is 14.6. The Bertz CT molecular complexity index is 528. The molecule has 2 N–H and O–H groups in total. The van der Waals surface area contributed by atoms with Crippen molar-refractivity contribution in [1.29, 1.82) is 0 Å². The largest absolute Gasteiger partial charge is 0.493 e. The molecule has 0 saturated carbocycles. The third-order valence-electron chi connectivity index (χ3n) is 4.22. The Hall–Kier alpha value is -1.50. The lowest BCUT2D eigenvalue weighted by atomic mass is 10.1. The zero-order chi connectivity index (χ0) is 16.7. The number of carbonyl (C=O) groups excluding carboxylic acids is 1. The van der Waals surface area contributed by atoms with Crippen LogP contribution < -0.4 is 20.1 Å². The highest BCUT2D eigenvalue weighted by atomic mass is 35.5. The van der Waals surface area contributed by atoms with Crippen molar-refractivity contribution in [3.63, 3.8) is 0 Å². The lowest BCUT2D eigenvalue weighted by Gasteiger charge is -2.31. The second kappa shape index (κ2) is 10.4. The van der Waals surface area contributed by atoms with Gasteiger partial charge < -0.3 is 20.1 Å². The Balaban J connectivity index is 0.00000288. The van der Waals surface area contributed by atoms with Gasteiger partial charge in [-0.25, -0.2) is 0 Å². The van der Waals surface area contributed by atoms with Crippen molar-refractivity contribution in [2.45, 2.75) is 25.4 Å². The van der Waals surface area contributed by atoms with E-state index in [9.17, 15) is 4.79 Å². The molecular formula is C17H28ClN3O3. The number of ether oxygens (including phenoxy) is 2. The Morgan fingerprint density at radius 2 is 2.04 bits per heavy atom. The lowest BCUT2D eigenvalue weighted by Crippen LogP contribution is -2.47. The number of likely N-dealkylation sites (tertiary alicyclic amines) is 1. The molecule has 1 aromatic carbocycles. The van der Waals surface area contributed by atoms with Gasteiger partial charge in [-0.05, 0) is 44.1 Å². The molecule has 1 aliphatic rings. The smallest absolute Gasteiger partial charge is 0.234 e. The maximum atomic E-state index is 12.1. The molecule has 6 nitrogen and oxygen atoms in total. The summed E-state index contributed by atoms with van der Waals surface area (Å²) in [6, 6.07) is 6.15. The molecule has 136 valence electrons. The molecule has 1 aromatic rings. The van der Waals surface area contributed by atoms with Crippen molar-refractivity contribution in [1.82, 2.24) is 15.5 Å². The fourth-order valence-electron chi connectivity index (χ4n) is 2.89. The molecule has 1 fully saturated rings. The van der Waals surface area contributed by atoms with E-state index in [1.807, 2.05) is 25.2 Å². The minimum atomic E-state index is 0. The zero-order valence-corrected chi connectivity index (χ0v) is 15.4. The van der Waals surface area contributed by atoms with Gasteiger partial charge in [0.2, 0.25) is 5.91 Å². The van der Waals surface area contributed by atoms with Gasteiger partial charge in [0, 0.05) is 19.1 Å². The quantitative estimate of drug-likeness (QED) is 0.773. The molecule has 0 radical (unpaired) electrons. The molecule has 1 amide bonds. The molecule has 0 bridgehead atoms. The van der Waals surface area contributed by atoms with E-state index in [4.69, 9.17) is 9.47 Å². The van der Waals surface area contributed by atoms with Crippen LogP contribution in [0.4, 0.5) is 0 Å². The summed E-state index contributed by atoms with van der Waals surface area (Å²) in [6.45, 7) is 2.86. The van der Waals surface area contributed by atoms with Crippen LogP contribution in [-0.2, 0) is 11.3 Å². The summed E-state index contributed by atoms with van der Waals surface area (Å²) in [5, 5.41) is 6.26. The number of piperidine rings is 1. The summed E-state index contributed by atoms with van der Waals surface area (Å²) in [7, 11) is 5.19. The predicted molar refractivity (Wildman–Crippen MR) is 97.2 cm³/mol. The van der Waals surface area contributed by atoms with E-state index in [0.717, 1.165) is 25.1 Å². The van der Waals surface area contributed by atoms with Gasteiger partial charge in [0.1, 0.15) is 0 Å². The number of nitrogens with one attached hydrogen (secondary N) is 2.